The molecular formula is C28H20BNS. The summed E-state index contributed by atoms with van der Waals surface area (Å²) in [4.78, 5) is 3.53. The van der Waals surface area contributed by atoms with Gasteiger partial charge in [0.2, 0.25) is 0 Å². The Bertz CT molecular complexity index is 1260. The molecule has 0 aliphatic heterocycles. The van der Waals surface area contributed by atoms with Crippen molar-refractivity contribution in [3.63, 3.8) is 0 Å². The molecule has 3 heteroatoms. The molecule has 0 aliphatic carbocycles. The van der Waals surface area contributed by atoms with Crippen LogP contribution >= 0.6 is 11.3 Å². The minimum Gasteiger partial charge on any atom is -0.302 e. The Morgan fingerprint density at radius 3 is 1.61 bits per heavy atom. The summed E-state index contributed by atoms with van der Waals surface area (Å²) in [5.41, 5.74) is 6.62. The highest BCUT2D eigenvalue weighted by molar-refractivity contribution is 7.19. The quantitative estimate of drug-likeness (QED) is 0.272. The predicted octanol–water partition coefficient (Wildman–Crippen LogP) is 7.35. The van der Waals surface area contributed by atoms with Gasteiger partial charge in [0.05, 0.1) is 0 Å². The first-order valence-corrected chi connectivity index (χ1v) is 11.1. The van der Waals surface area contributed by atoms with Gasteiger partial charge in [-0.1, -0.05) is 90.4 Å². The zero-order valence-electron chi connectivity index (χ0n) is 17.0. The second-order valence-electron chi connectivity index (χ2n) is 7.34. The summed E-state index contributed by atoms with van der Waals surface area (Å²) in [5.74, 6) is 0. The minimum atomic E-state index is 0.763. The predicted molar refractivity (Wildman–Crippen MR) is 135 cm³/mol. The third-order valence-electron chi connectivity index (χ3n) is 5.25. The number of benzene rings is 4. The van der Waals surface area contributed by atoms with Gasteiger partial charge in [-0.3, -0.25) is 0 Å². The molecule has 0 bridgehead atoms. The molecular weight excluding hydrogens is 393 g/mol. The average Bonchev–Trinajstić information content (AvgIpc) is 3.32. The van der Waals surface area contributed by atoms with Crippen molar-refractivity contribution in [2.24, 2.45) is 0 Å². The summed E-state index contributed by atoms with van der Waals surface area (Å²) in [6.07, 6.45) is 0. The van der Waals surface area contributed by atoms with E-state index >= 15 is 0 Å². The smallest absolute Gasteiger partial charge is 0.113 e. The van der Waals surface area contributed by atoms with Crippen LogP contribution in [0.4, 0.5) is 16.4 Å². The number of hydrogen-bond donors (Lipinski definition) is 0. The molecule has 1 aromatic heterocycles. The number of anilines is 3. The summed E-state index contributed by atoms with van der Waals surface area (Å²) in [6.45, 7) is 0. The van der Waals surface area contributed by atoms with Crippen LogP contribution in [-0.4, -0.2) is 7.85 Å². The lowest BCUT2D eigenvalue weighted by Gasteiger charge is -2.24. The normalized spacial score (nSPS) is 10.7. The van der Waals surface area contributed by atoms with Crippen LogP contribution in [0.1, 0.15) is 0 Å². The first kappa shape index (κ1) is 19.4. The lowest BCUT2D eigenvalue weighted by Crippen LogP contribution is -2.10. The average molecular weight is 413 g/mol. The number of hydrogen-bond acceptors (Lipinski definition) is 2. The summed E-state index contributed by atoms with van der Waals surface area (Å²) in [6, 6.07) is 42.1. The molecule has 5 rings (SSSR count). The Balaban J connectivity index is 1.55. The Morgan fingerprint density at radius 2 is 1.00 bits per heavy atom. The SMILES string of the molecule is [B]c1ccc(N(c2ccc(-c3ccccc3)cc2)c2ccc(-c3ccccc3)s2)cc1. The van der Waals surface area contributed by atoms with Crippen molar-refractivity contribution < 1.29 is 0 Å². The van der Waals surface area contributed by atoms with Crippen molar-refractivity contribution in [1.29, 1.82) is 0 Å². The van der Waals surface area contributed by atoms with E-state index in [4.69, 9.17) is 7.85 Å². The number of thiophene rings is 1. The molecule has 4 aromatic carbocycles. The number of rotatable bonds is 5. The van der Waals surface area contributed by atoms with Crippen molar-refractivity contribution in [3.8, 4) is 21.6 Å². The summed E-state index contributed by atoms with van der Waals surface area (Å²) in [5, 5.41) is 1.16. The molecule has 1 heterocycles. The maximum absolute atomic E-state index is 5.95. The topological polar surface area (TPSA) is 3.24 Å². The fourth-order valence-corrected chi connectivity index (χ4v) is 4.72. The van der Waals surface area contributed by atoms with Crippen molar-refractivity contribution in [3.05, 3.63) is 121 Å². The van der Waals surface area contributed by atoms with E-state index < -0.39 is 0 Å². The highest BCUT2D eigenvalue weighted by Gasteiger charge is 2.15. The molecule has 0 unspecified atom stereocenters. The van der Waals surface area contributed by atoms with Crippen LogP contribution in [-0.2, 0) is 0 Å². The summed E-state index contributed by atoms with van der Waals surface area (Å²) in [7, 11) is 5.95. The first-order valence-electron chi connectivity index (χ1n) is 10.2. The molecule has 0 aliphatic rings. The lowest BCUT2D eigenvalue weighted by atomic mass is 9.96. The van der Waals surface area contributed by atoms with Gasteiger partial charge in [-0.15, -0.1) is 11.3 Å². The molecule has 0 saturated heterocycles. The van der Waals surface area contributed by atoms with Crippen LogP contribution < -0.4 is 10.4 Å². The Kier molecular flexibility index (Phi) is 5.43. The highest BCUT2D eigenvalue weighted by Crippen LogP contribution is 2.41. The van der Waals surface area contributed by atoms with Gasteiger partial charge in [-0.2, -0.15) is 0 Å². The maximum atomic E-state index is 5.95. The van der Waals surface area contributed by atoms with E-state index in [0.29, 0.717) is 0 Å². The molecule has 5 aromatic rings. The molecule has 0 amide bonds. The van der Waals surface area contributed by atoms with Crippen LogP contribution in [0.3, 0.4) is 0 Å². The summed E-state index contributed by atoms with van der Waals surface area (Å²) < 4.78 is 0. The zero-order valence-corrected chi connectivity index (χ0v) is 17.8. The van der Waals surface area contributed by atoms with Crippen LogP contribution in [0.15, 0.2) is 121 Å². The standard InChI is InChI=1S/C28H20BNS/c29-24-13-17-26(18-14-24)30(28-20-19-27(31-28)23-9-5-2-6-10-23)25-15-11-22(12-16-25)21-7-3-1-4-8-21/h1-20H. The fraction of sp³-hybridized carbons (Fsp3) is 0. The Morgan fingerprint density at radius 1 is 0.484 bits per heavy atom. The van der Waals surface area contributed by atoms with Crippen LogP contribution in [0.25, 0.3) is 21.6 Å². The van der Waals surface area contributed by atoms with Gasteiger partial charge in [-0.05, 0) is 53.1 Å². The van der Waals surface area contributed by atoms with Gasteiger partial charge in [0, 0.05) is 16.3 Å². The Labute approximate surface area is 188 Å². The molecule has 0 spiro atoms. The first-order chi connectivity index (χ1) is 15.3. The zero-order chi connectivity index (χ0) is 21.0. The molecule has 31 heavy (non-hydrogen) atoms. The summed E-state index contributed by atoms with van der Waals surface area (Å²) >= 11 is 1.78. The molecule has 1 nitrogen and oxygen atoms in total. The van der Waals surface area contributed by atoms with Gasteiger partial charge in [0.15, 0.2) is 0 Å². The van der Waals surface area contributed by atoms with E-state index in [9.17, 15) is 0 Å². The molecule has 0 fully saturated rings. The highest BCUT2D eigenvalue weighted by atomic mass is 32.1. The fourth-order valence-electron chi connectivity index (χ4n) is 3.67. The molecule has 146 valence electrons. The van der Waals surface area contributed by atoms with Gasteiger partial charge < -0.3 is 4.90 Å². The number of nitrogens with zero attached hydrogens (tertiary/aromatic N) is 1. The van der Waals surface area contributed by atoms with Crippen molar-refractivity contribution >= 4 is 41.0 Å². The van der Waals surface area contributed by atoms with Crippen molar-refractivity contribution in [2.75, 3.05) is 4.90 Å². The van der Waals surface area contributed by atoms with Crippen LogP contribution in [0.5, 0.6) is 0 Å². The van der Waals surface area contributed by atoms with E-state index in [-0.39, 0.29) is 0 Å². The molecule has 0 saturated carbocycles. The van der Waals surface area contributed by atoms with Gasteiger partial charge in [0.25, 0.3) is 0 Å². The maximum Gasteiger partial charge on any atom is 0.113 e. The molecule has 2 radical (unpaired) electrons. The second kappa shape index (κ2) is 8.67. The molecule has 0 N–H and O–H groups in total. The van der Waals surface area contributed by atoms with Crippen LogP contribution in [0, 0.1) is 0 Å². The van der Waals surface area contributed by atoms with Gasteiger partial charge in [0.1, 0.15) is 12.8 Å². The van der Waals surface area contributed by atoms with Crippen LogP contribution in [0.2, 0.25) is 0 Å². The van der Waals surface area contributed by atoms with E-state index in [0.717, 1.165) is 21.8 Å². The second-order valence-corrected chi connectivity index (χ2v) is 8.41. The lowest BCUT2D eigenvalue weighted by molar-refractivity contribution is 1.32. The Hall–Kier alpha value is -3.56. The third-order valence-corrected chi connectivity index (χ3v) is 6.37. The van der Waals surface area contributed by atoms with E-state index in [1.807, 2.05) is 24.3 Å². The van der Waals surface area contributed by atoms with Gasteiger partial charge >= 0.3 is 0 Å². The van der Waals surface area contributed by atoms with E-state index in [1.54, 1.807) is 11.3 Å². The van der Waals surface area contributed by atoms with E-state index in [1.165, 1.54) is 21.6 Å². The van der Waals surface area contributed by atoms with Crippen molar-refractivity contribution in [1.82, 2.24) is 0 Å². The van der Waals surface area contributed by atoms with Gasteiger partial charge in [-0.25, -0.2) is 0 Å². The minimum absolute atomic E-state index is 0.763. The molecule has 0 atom stereocenters. The monoisotopic (exact) mass is 413 g/mol. The third kappa shape index (κ3) is 4.19. The van der Waals surface area contributed by atoms with Crippen molar-refractivity contribution in [2.45, 2.75) is 0 Å². The van der Waals surface area contributed by atoms with E-state index in [2.05, 4.69) is 102 Å². The largest absolute Gasteiger partial charge is 0.302 e.